The van der Waals surface area contributed by atoms with Crippen LogP contribution < -0.4 is 16.1 Å². The smallest absolute Gasteiger partial charge is 0.325 e. The van der Waals surface area contributed by atoms with E-state index in [-0.39, 0.29) is 5.56 Å². The third-order valence-electron chi connectivity index (χ3n) is 3.23. The van der Waals surface area contributed by atoms with Crippen LogP contribution in [-0.4, -0.2) is 16.5 Å². The van der Waals surface area contributed by atoms with E-state index in [1.54, 1.807) is 0 Å². The zero-order valence-corrected chi connectivity index (χ0v) is 9.77. The molecule has 1 aromatic carbocycles. The van der Waals surface area contributed by atoms with Gasteiger partial charge < -0.3 is 9.88 Å². The van der Waals surface area contributed by atoms with E-state index >= 15 is 0 Å². The molecule has 2 heterocycles. The van der Waals surface area contributed by atoms with Gasteiger partial charge >= 0.3 is 5.69 Å². The molecule has 92 valence electrons. The molecule has 0 unspecified atom stereocenters. The third kappa shape index (κ3) is 1.84. The third-order valence-corrected chi connectivity index (χ3v) is 3.23. The largest absolute Gasteiger partial charge is 0.367 e. The molecular formula is C13H13N3O2. The van der Waals surface area contributed by atoms with Crippen molar-refractivity contribution in [2.45, 2.75) is 13.0 Å². The fraction of sp³-hybridized carbons (Fsp3) is 0.231. The van der Waals surface area contributed by atoms with Gasteiger partial charge in [-0.1, -0.05) is 18.2 Å². The Hall–Kier alpha value is -2.30. The van der Waals surface area contributed by atoms with E-state index in [2.05, 4.69) is 14.9 Å². The number of para-hydroxylation sites is 1. The second-order valence-corrected chi connectivity index (χ2v) is 4.37. The van der Waals surface area contributed by atoms with Gasteiger partial charge in [-0.3, -0.25) is 9.78 Å². The van der Waals surface area contributed by atoms with Crippen LogP contribution in [0.5, 0.6) is 0 Å². The maximum atomic E-state index is 11.8. The van der Waals surface area contributed by atoms with Crippen LogP contribution in [0.25, 0.3) is 0 Å². The normalized spacial score (nSPS) is 14.3. The van der Waals surface area contributed by atoms with Gasteiger partial charge in [0.05, 0.1) is 12.1 Å². The molecule has 0 atom stereocenters. The molecule has 0 amide bonds. The zero-order valence-electron chi connectivity index (χ0n) is 9.77. The molecule has 2 aromatic rings. The number of rotatable bonds is 1. The number of aromatic amines is 2. The van der Waals surface area contributed by atoms with Crippen molar-refractivity contribution in [2.24, 2.45) is 0 Å². The second kappa shape index (κ2) is 4.18. The van der Waals surface area contributed by atoms with E-state index in [0.29, 0.717) is 18.5 Å². The summed E-state index contributed by atoms with van der Waals surface area (Å²) in [6.45, 7) is 1.34. The number of nitrogens with zero attached hydrogens (tertiary/aromatic N) is 1. The number of anilines is 1. The SMILES string of the molecule is O=c1[nH]c2c(c(=O)[nH]1)CN(c1ccccc1)CC2. The average molecular weight is 243 g/mol. The first kappa shape index (κ1) is 10.8. The molecular weight excluding hydrogens is 230 g/mol. The molecule has 3 rings (SSSR count). The molecule has 2 N–H and O–H groups in total. The number of hydrogen-bond acceptors (Lipinski definition) is 3. The fourth-order valence-corrected chi connectivity index (χ4v) is 2.32. The highest BCUT2D eigenvalue weighted by molar-refractivity contribution is 5.48. The summed E-state index contributed by atoms with van der Waals surface area (Å²) in [7, 11) is 0. The van der Waals surface area contributed by atoms with Crippen molar-refractivity contribution in [1.29, 1.82) is 0 Å². The minimum atomic E-state index is -0.424. The first-order chi connectivity index (χ1) is 8.74. The first-order valence-electron chi connectivity index (χ1n) is 5.88. The first-order valence-corrected chi connectivity index (χ1v) is 5.88. The minimum absolute atomic E-state index is 0.283. The Kier molecular flexibility index (Phi) is 2.51. The Morgan fingerprint density at radius 1 is 1.06 bits per heavy atom. The highest BCUT2D eigenvalue weighted by Gasteiger charge is 2.19. The van der Waals surface area contributed by atoms with Gasteiger partial charge in [-0.05, 0) is 12.1 Å². The topological polar surface area (TPSA) is 69.0 Å². The number of aromatic nitrogens is 2. The van der Waals surface area contributed by atoms with Crippen LogP contribution >= 0.6 is 0 Å². The zero-order chi connectivity index (χ0) is 12.5. The van der Waals surface area contributed by atoms with Crippen molar-refractivity contribution in [3.05, 3.63) is 62.4 Å². The summed E-state index contributed by atoms with van der Waals surface area (Å²) >= 11 is 0. The average Bonchev–Trinajstić information content (AvgIpc) is 2.39. The van der Waals surface area contributed by atoms with Crippen LogP contribution in [0.1, 0.15) is 11.3 Å². The number of fused-ring (bicyclic) bond motifs is 1. The molecule has 0 radical (unpaired) electrons. The molecule has 0 saturated heterocycles. The van der Waals surface area contributed by atoms with Crippen molar-refractivity contribution in [2.75, 3.05) is 11.4 Å². The van der Waals surface area contributed by atoms with E-state index in [1.807, 2.05) is 30.3 Å². The molecule has 0 aliphatic carbocycles. The molecule has 0 bridgehead atoms. The summed E-state index contributed by atoms with van der Waals surface area (Å²) in [6, 6.07) is 9.95. The van der Waals surface area contributed by atoms with Crippen molar-refractivity contribution in [1.82, 2.24) is 9.97 Å². The fourth-order valence-electron chi connectivity index (χ4n) is 2.32. The summed E-state index contributed by atoms with van der Waals surface area (Å²) < 4.78 is 0. The number of nitrogens with one attached hydrogen (secondary N) is 2. The maximum absolute atomic E-state index is 11.8. The molecule has 5 nitrogen and oxygen atoms in total. The Morgan fingerprint density at radius 2 is 1.83 bits per heavy atom. The molecule has 1 aliphatic rings. The van der Waals surface area contributed by atoms with Gasteiger partial charge in [0.2, 0.25) is 0 Å². The van der Waals surface area contributed by atoms with Gasteiger partial charge in [-0.15, -0.1) is 0 Å². The Bertz CT molecular complexity index is 673. The van der Waals surface area contributed by atoms with Crippen LogP contribution in [-0.2, 0) is 13.0 Å². The lowest BCUT2D eigenvalue weighted by Crippen LogP contribution is -2.38. The van der Waals surface area contributed by atoms with E-state index in [0.717, 1.165) is 17.9 Å². The van der Waals surface area contributed by atoms with Crippen LogP contribution in [0.15, 0.2) is 39.9 Å². The summed E-state index contributed by atoms with van der Waals surface area (Å²) in [4.78, 5) is 30.1. The highest BCUT2D eigenvalue weighted by atomic mass is 16.2. The van der Waals surface area contributed by atoms with E-state index < -0.39 is 5.69 Å². The summed E-state index contributed by atoms with van der Waals surface area (Å²) in [6.07, 6.45) is 0.684. The lowest BCUT2D eigenvalue weighted by atomic mass is 10.1. The minimum Gasteiger partial charge on any atom is -0.367 e. The summed E-state index contributed by atoms with van der Waals surface area (Å²) in [5.74, 6) is 0. The lowest BCUT2D eigenvalue weighted by Gasteiger charge is -2.29. The van der Waals surface area contributed by atoms with Gasteiger partial charge in [-0.25, -0.2) is 4.79 Å². The molecule has 5 heteroatoms. The number of benzene rings is 1. The summed E-state index contributed by atoms with van der Waals surface area (Å²) in [5.41, 5.74) is 1.80. The molecule has 1 aromatic heterocycles. The van der Waals surface area contributed by atoms with Gasteiger partial charge in [0.25, 0.3) is 5.56 Å². The Labute approximate surface area is 103 Å². The predicted molar refractivity (Wildman–Crippen MR) is 68.9 cm³/mol. The van der Waals surface area contributed by atoms with Crippen LogP contribution in [0.2, 0.25) is 0 Å². The van der Waals surface area contributed by atoms with Crippen molar-refractivity contribution < 1.29 is 0 Å². The molecule has 0 fully saturated rings. The van der Waals surface area contributed by atoms with E-state index in [9.17, 15) is 9.59 Å². The Balaban J connectivity index is 1.99. The van der Waals surface area contributed by atoms with Gasteiger partial charge in [0.1, 0.15) is 0 Å². The van der Waals surface area contributed by atoms with Crippen LogP contribution in [0, 0.1) is 0 Å². The summed E-state index contributed by atoms with van der Waals surface area (Å²) in [5, 5.41) is 0. The predicted octanol–water partition coefficient (Wildman–Crippen LogP) is 0.626. The monoisotopic (exact) mass is 243 g/mol. The Morgan fingerprint density at radius 3 is 2.61 bits per heavy atom. The molecule has 0 saturated carbocycles. The molecule has 0 spiro atoms. The van der Waals surface area contributed by atoms with Gasteiger partial charge in [0.15, 0.2) is 0 Å². The highest BCUT2D eigenvalue weighted by Crippen LogP contribution is 2.20. The molecule has 1 aliphatic heterocycles. The quantitative estimate of drug-likeness (QED) is 0.771. The second-order valence-electron chi connectivity index (χ2n) is 4.37. The van der Waals surface area contributed by atoms with Gasteiger partial charge in [0, 0.05) is 24.3 Å². The van der Waals surface area contributed by atoms with E-state index in [1.165, 1.54) is 0 Å². The maximum Gasteiger partial charge on any atom is 0.325 e. The van der Waals surface area contributed by atoms with Crippen molar-refractivity contribution >= 4 is 5.69 Å². The van der Waals surface area contributed by atoms with Crippen molar-refractivity contribution in [3.8, 4) is 0 Å². The van der Waals surface area contributed by atoms with Crippen molar-refractivity contribution in [3.63, 3.8) is 0 Å². The number of hydrogen-bond donors (Lipinski definition) is 2. The number of H-pyrrole nitrogens is 2. The van der Waals surface area contributed by atoms with E-state index in [4.69, 9.17) is 0 Å². The van der Waals surface area contributed by atoms with Crippen LogP contribution in [0.4, 0.5) is 5.69 Å². The van der Waals surface area contributed by atoms with Gasteiger partial charge in [-0.2, -0.15) is 0 Å². The van der Waals surface area contributed by atoms with Crippen LogP contribution in [0.3, 0.4) is 0 Å². The molecule has 18 heavy (non-hydrogen) atoms. The lowest BCUT2D eigenvalue weighted by molar-refractivity contribution is 0.691. The standard InChI is InChI=1S/C13H13N3O2/c17-12-10-8-16(9-4-2-1-3-5-9)7-6-11(10)14-13(18)15-12/h1-5H,6-8H2,(H2,14,15,17,18).